The van der Waals surface area contributed by atoms with Crippen LogP contribution >= 0.6 is 15.9 Å². The van der Waals surface area contributed by atoms with Gasteiger partial charge < -0.3 is 0 Å². The molecule has 0 amide bonds. The van der Waals surface area contributed by atoms with Crippen LogP contribution in [0.25, 0.3) is 0 Å². The summed E-state index contributed by atoms with van der Waals surface area (Å²) in [5.41, 5.74) is 5.27. The summed E-state index contributed by atoms with van der Waals surface area (Å²) in [6.45, 7) is 5.09. The molecule has 2 rings (SSSR count). The summed E-state index contributed by atoms with van der Waals surface area (Å²) in [5.74, 6) is 6.69. The molecule has 0 aliphatic carbocycles. The summed E-state index contributed by atoms with van der Waals surface area (Å²) in [4.78, 5) is 4.34. The Kier molecular flexibility index (Phi) is 5.28. The summed E-state index contributed by atoms with van der Waals surface area (Å²) in [6.07, 6.45) is 3.35. The first-order chi connectivity index (χ1) is 9.65. The van der Waals surface area contributed by atoms with Crippen LogP contribution in [-0.2, 0) is 13.0 Å². The third-order valence-corrected chi connectivity index (χ3v) is 3.83. The molecule has 20 heavy (non-hydrogen) atoms. The molecule has 0 fully saturated rings. The molecule has 0 radical (unpaired) electrons. The number of aromatic nitrogens is 3. The highest BCUT2D eigenvalue weighted by Gasteiger charge is 2.16. The van der Waals surface area contributed by atoms with E-state index in [4.69, 9.17) is 5.84 Å². The molecular formula is C14H20BrN5. The van der Waals surface area contributed by atoms with Crippen molar-refractivity contribution in [1.82, 2.24) is 20.2 Å². The first-order valence-electron chi connectivity index (χ1n) is 6.74. The Hall–Kier alpha value is -1.24. The molecule has 0 saturated heterocycles. The first kappa shape index (κ1) is 15.2. The smallest absolute Gasteiger partial charge is 0.138 e. The van der Waals surface area contributed by atoms with Crippen LogP contribution in [-0.4, -0.2) is 14.8 Å². The van der Waals surface area contributed by atoms with Gasteiger partial charge in [0.1, 0.15) is 12.2 Å². The van der Waals surface area contributed by atoms with Crippen LogP contribution in [0.2, 0.25) is 0 Å². The number of halogens is 1. The summed E-state index contributed by atoms with van der Waals surface area (Å²) in [6, 6.07) is 6.24. The van der Waals surface area contributed by atoms with Gasteiger partial charge in [-0.25, -0.2) is 4.98 Å². The van der Waals surface area contributed by atoms with E-state index in [0.29, 0.717) is 6.42 Å². The fourth-order valence-corrected chi connectivity index (χ4v) is 2.65. The second-order valence-corrected chi connectivity index (χ2v) is 5.74. The molecule has 0 bridgehead atoms. The molecular weight excluding hydrogens is 318 g/mol. The van der Waals surface area contributed by atoms with E-state index in [1.807, 2.05) is 10.7 Å². The Bertz CT molecular complexity index is 566. The van der Waals surface area contributed by atoms with Crippen LogP contribution in [0.4, 0.5) is 0 Å². The number of nitrogens with zero attached hydrogens (tertiary/aromatic N) is 3. The van der Waals surface area contributed by atoms with Crippen molar-refractivity contribution in [2.24, 2.45) is 5.84 Å². The van der Waals surface area contributed by atoms with E-state index >= 15 is 0 Å². The van der Waals surface area contributed by atoms with Crippen molar-refractivity contribution < 1.29 is 0 Å². The summed E-state index contributed by atoms with van der Waals surface area (Å²) in [7, 11) is 0. The lowest BCUT2D eigenvalue weighted by Crippen LogP contribution is -2.31. The first-order valence-corrected chi connectivity index (χ1v) is 7.53. The van der Waals surface area contributed by atoms with Crippen LogP contribution in [0.15, 0.2) is 29.0 Å². The number of benzene rings is 1. The monoisotopic (exact) mass is 337 g/mol. The molecule has 0 aliphatic heterocycles. The number of hydrazine groups is 1. The zero-order chi connectivity index (χ0) is 14.5. The van der Waals surface area contributed by atoms with Gasteiger partial charge in [0.25, 0.3) is 0 Å². The van der Waals surface area contributed by atoms with Crippen molar-refractivity contribution in [2.75, 3.05) is 0 Å². The van der Waals surface area contributed by atoms with Crippen molar-refractivity contribution in [1.29, 1.82) is 0 Å². The molecule has 0 saturated carbocycles. The van der Waals surface area contributed by atoms with Crippen molar-refractivity contribution in [3.63, 3.8) is 0 Å². The largest absolute Gasteiger partial charge is 0.271 e. The normalized spacial score (nSPS) is 12.6. The maximum atomic E-state index is 5.74. The molecule has 0 spiro atoms. The van der Waals surface area contributed by atoms with Crippen LogP contribution < -0.4 is 11.3 Å². The zero-order valence-corrected chi connectivity index (χ0v) is 13.4. The quantitative estimate of drug-likeness (QED) is 0.627. The summed E-state index contributed by atoms with van der Waals surface area (Å²) < 4.78 is 2.99. The average Bonchev–Trinajstić information content (AvgIpc) is 2.87. The van der Waals surface area contributed by atoms with Crippen molar-refractivity contribution in [3.05, 3.63) is 46.0 Å². The van der Waals surface area contributed by atoms with Gasteiger partial charge in [-0.2, -0.15) is 5.10 Å². The third-order valence-electron chi connectivity index (χ3n) is 3.34. The molecule has 5 nitrogen and oxygen atoms in total. The number of aryl methyl sites for hydroxylation is 2. The minimum absolute atomic E-state index is 0.0207. The molecule has 6 heteroatoms. The van der Waals surface area contributed by atoms with Crippen LogP contribution in [0.1, 0.15) is 36.3 Å². The Labute approximate surface area is 127 Å². The molecule has 0 aliphatic rings. The maximum absolute atomic E-state index is 5.74. The minimum Gasteiger partial charge on any atom is -0.271 e. The van der Waals surface area contributed by atoms with Gasteiger partial charge in [0.2, 0.25) is 0 Å². The van der Waals surface area contributed by atoms with Crippen LogP contribution in [0.3, 0.4) is 0 Å². The molecule has 1 atom stereocenters. The maximum Gasteiger partial charge on any atom is 0.138 e. The Morgan fingerprint density at radius 1 is 1.45 bits per heavy atom. The fraction of sp³-hybridized carbons (Fsp3) is 0.429. The van der Waals surface area contributed by atoms with Crippen molar-refractivity contribution >= 4 is 15.9 Å². The van der Waals surface area contributed by atoms with Gasteiger partial charge in [-0.15, -0.1) is 0 Å². The molecule has 108 valence electrons. The van der Waals surface area contributed by atoms with E-state index in [1.165, 1.54) is 11.1 Å². The third kappa shape index (κ3) is 3.45. The number of nitrogens with two attached hydrogens (primary N) is 1. The number of hydrogen-bond donors (Lipinski definition) is 2. The Balaban J connectivity index is 2.24. The molecule has 1 unspecified atom stereocenters. The second kappa shape index (κ2) is 6.97. The minimum atomic E-state index is 0.0207. The van der Waals surface area contributed by atoms with E-state index in [1.54, 1.807) is 6.33 Å². The lowest BCUT2D eigenvalue weighted by atomic mass is 9.99. The van der Waals surface area contributed by atoms with E-state index in [-0.39, 0.29) is 6.04 Å². The van der Waals surface area contributed by atoms with Gasteiger partial charge in [-0.3, -0.25) is 16.0 Å². The standard InChI is InChI=1S/C14H20BrN5/c1-3-6-20-14(17-9-18-20)8-13(19-16)12-7-11(15)5-4-10(12)2/h4-5,7,9,13,19H,3,6,8,16H2,1-2H3. The second-order valence-electron chi connectivity index (χ2n) is 4.82. The van der Waals surface area contributed by atoms with Gasteiger partial charge >= 0.3 is 0 Å². The van der Waals surface area contributed by atoms with Crippen molar-refractivity contribution in [3.8, 4) is 0 Å². The molecule has 1 aromatic carbocycles. The topological polar surface area (TPSA) is 68.8 Å². The van der Waals surface area contributed by atoms with Crippen molar-refractivity contribution in [2.45, 2.75) is 39.3 Å². The Morgan fingerprint density at radius 3 is 2.95 bits per heavy atom. The SMILES string of the molecule is CCCn1ncnc1CC(NN)c1cc(Br)ccc1C. The molecule has 3 N–H and O–H groups in total. The van der Waals surface area contributed by atoms with Gasteiger partial charge in [-0.1, -0.05) is 28.9 Å². The zero-order valence-electron chi connectivity index (χ0n) is 11.8. The predicted octanol–water partition coefficient (Wildman–Crippen LogP) is 2.51. The molecule has 1 heterocycles. The fourth-order valence-electron chi connectivity index (χ4n) is 2.27. The lowest BCUT2D eigenvalue weighted by Gasteiger charge is -2.19. The van der Waals surface area contributed by atoms with Gasteiger partial charge in [0.15, 0.2) is 0 Å². The lowest BCUT2D eigenvalue weighted by molar-refractivity contribution is 0.497. The van der Waals surface area contributed by atoms with Gasteiger partial charge in [0, 0.05) is 17.4 Å². The number of nitrogens with one attached hydrogen (secondary N) is 1. The molecule has 1 aromatic heterocycles. The van der Waals surface area contributed by atoms with E-state index in [2.05, 4.69) is 57.4 Å². The average molecular weight is 338 g/mol. The van der Waals surface area contributed by atoms with Crippen LogP contribution in [0.5, 0.6) is 0 Å². The van der Waals surface area contributed by atoms with E-state index in [9.17, 15) is 0 Å². The van der Waals surface area contributed by atoms with E-state index in [0.717, 1.165) is 23.3 Å². The van der Waals surface area contributed by atoms with Crippen LogP contribution in [0, 0.1) is 6.92 Å². The molecule has 2 aromatic rings. The summed E-state index contributed by atoms with van der Waals surface area (Å²) >= 11 is 3.51. The van der Waals surface area contributed by atoms with E-state index < -0.39 is 0 Å². The number of rotatable bonds is 6. The highest BCUT2D eigenvalue weighted by atomic mass is 79.9. The highest BCUT2D eigenvalue weighted by Crippen LogP contribution is 2.24. The Morgan fingerprint density at radius 2 is 2.25 bits per heavy atom. The highest BCUT2D eigenvalue weighted by molar-refractivity contribution is 9.10. The van der Waals surface area contributed by atoms with Gasteiger partial charge in [0.05, 0.1) is 6.04 Å². The predicted molar refractivity (Wildman–Crippen MR) is 83.0 cm³/mol. The summed E-state index contributed by atoms with van der Waals surface area (Å²) in [5, 5.41) is 4.25. The number of hydrogen-bond acceptors (Lipinski definition) is 4. The van der Waals surface area contributed by atoms with Gasteiger partial charge in [-0.05, 0) is 36.6 Å².